The van der Waals surface area contributed by atoms with E-state index in [-0.39, 0.29) is 0 Å². The minimum Gasteiger partial charge on any atom is -0.313 e. The first-order valence-electron chi connectivity index (χ1n) is 7.13. The quantitative estimate of drug-likeness (QED) is 0.845. The summed E-state index contributed by atoms with van der Waals surface area (Å²) < 4.78 is 0. The fourth-order valence-electron chi connectivity index (χ4n) is 3.54. The van der Waals surface area contributed by atoms with Crippen LogP contribution in [0.3, 0.4) is 0 Å². The van der Waals surface area contributed by atoms with Crippen LogP contribution < -0.4 is 5.32 Å². The number of carbonyl (C=O) groups excluding carboxylic acids is 1. The van der Waals surface area contributed by atoms with Crippen LogP contribution >= 0.6 is 11.3 Å². The molecular formula is C15H21NOS. The van der Waals surface area contributed by atoms with Crippen LogP contribution in [0.2, 0.25) is 0 Å². The van der Waals surface area contributed by atoms with Crippen molar-refractivity contribution in [3.63, 3.8) is 0 Å². The van der Waals surface area contributed by atoms with Crippen LogP contribution in [0, 0.1) is 11.8 Å². The highest BCUT2D eigenvalue weighted by atomic mass is 32.1. The normalized spacial score (nSPS) is 30.6. The van der Waals surface area contributed by atoms with Crippen LogP contribution in [0.4, 0.5) is 0 Å². The van der Waals surface area contributed by atoms with Gasteiger partial charge in [0.05, 0.1) is 4.88 Å². The molecule has 18 heavy (non-hydrogen) atoms. The van der Waals surface area contributed by atoms with Crippen molar-refractivity contribution >= 4 is 17.1 Å². The van der Waals surface area contributed by atoms with E-state index >= 15 is 0 Å². The zero-order valence-corrected chi connectivity index (χ0v) is 11.8. The number of ketones is 1. The topological polar surface area (TPSA) is 29.1 Å². The van der Waals surface area contributed by atoms with Gasteiger partial charge in [0.1, 0.15) is 0 Å². The molecule has 1 aromatic heterocycles. The second kappa shape index (κ2) is 5.14. The molecule has 2 fully saturated rings. The van der Waals surface area contributed by atoms with E-state index in [4.69, 9.17) is 0 Å². The fourth-order valence-corrected chi connectivity index (χ4v) is 4.44. The van der Waals surface area contributed by atoms with Gasteiger partial charge in [-0.25, -0.2) is 0 Å². The summed E-state index contributed by atoms with van der Waals surface area (Å²) in [5.74, 6) is 1.95. The van der Waals surface area contributed by atoms with E-state index in [2.05, 4.69) is 18.3 Å². The van der Waals surface area contributed by atoms with Crippen molar-refractivity contribution in [2.24, 2.45) is 11.8 Å². The maximum absolute atomic E-state index is 12.3. The van der Waals surface area contributed by atoms with E-state index in [1.807, 2.05) is 6.07 Å². The Morgan fingerprint density at radius 2 is 2.33 bits per heavy atom. The zero-order chi connectivity index (χ0) is 12.5. The van der Waals surface area contributed by atoms with Crippen molar-refractivity contribution in [2.45, 2.75) is 45.1 Å². The predicted octanol–water partition coefficient (Wildman–Crippen LogP) is 3.27. The van der Waals surface area contributed by atoms with Gasteiger partial charge in [-0.1, -0.05) is 13.3 Å². The standard InChI is InChI=1S/C15H21NOS/c1-2-11-6-7-15(18-11)14(17)8-13-12-5-3-4-10(12)9-16-13/h6-7,10,12-13,16H,2-5,8-9H2,1H3. The summed E-state index contributed by atoms with van der Waals surface area (Å²) >= 11 is 1.67. The summed E-state index contributed by atoms with van der Waals surface area (Å²) in [5.41, 5.74) is 0. The highest BCUT2D eigenvalue weighted by Gasteiger charge is 2.39. The van der Waals surface area contributed by atoms with E-state index in [1.54, 1.807) is 11.3 Å². The summed E-state index contributed by atoms with van der Waals surface area (Å²) in [6.45, 7) is 3.27. The maximum Gasteiger partial charge on any atom is 0.174 e. The minimum absolute atomic E-state index is 0.338. The second-order valence-electron chi connectivity index (χ2n) is 5.62. The van der Waals surface area contributed by atoms with Gasteiger partial charge in [-0.3, -0.25) is 4.79 Å². The number of rotatable bonds is 4. The zero-order valence-electron chi connectivity index (χ0n) is 10.9. The Labute approximate surface area is 113 Å². The number of fused-ring (bicyclic) bond motifs is 1. The van der Waals surface area contributed by atoms with Crippen molar-refractivity contribution in [3.8, 4) is 0 Å². The molecule has 3 atom stereocenters. The molecule has 0 aromatic carbocycles. The third kappa shape index (κ3) is 2.26. The molecule has 3 rings (SSSR count). The van der Waals surface area contributed by atoms with Crippen LogP contribution in [0.25, 0.3) is 0 Å². The van der Waals surface area contributed by atoms with Gasteiger partial charge in [-0.15, -0.1) is 11.3 Å². The number of hydrogen-bond donors (Lipinski definition) is 1. The molecule has 0 spiro atoms. The average molecular weight is 263 g/mol. The van der Waals surface area contributed by atoms with Gasteiger partial charge < -0.3 is 5.32 Å². The largest absolute Gasteiger partial charge is 0.313 e. The molecule has 0 amide bonds. The van der Waals surface area contributed by atoms with Gasteiger partial charge in [-0.05, 0) is 49.8 Å². The lowest BCUT2D eigenvalue weighted by atomic mass is 9.91. The molecule has 1 saturated heterocycles. The van der Waals surface area contributed by atoms with E-state index in [1.165, 1.54) is 24.1 Å². The fraction of sp³-hybridized carbons (Fsp3) is 0.667. The summed E-state index contributed by atoms with van der Waals surface area (Å²) in [4.78, 5) is 14.6. The number of thiophene rings is 1. The molecule has 2 nitrogen and oxygen atoms in total. The lowest BCUT2D eigenvalue weighted by molar-refractivity contribution is 0.0967. The van der Waals surface area contributed by atoms with Crippen LogP contribution in [0.15, 0.2) is 12.1 Å². The van der Waals surface area contributed by atoms with Gasteiger partial charge >= 0.3 is 0 Å². The molecule has 3 unspecified atom stereocenters. The number of hydrogen-bond acceptors (Lipinski definition) is 3. The number of Topliss-reactive ketones (excluding diaryl/α,β-unsaturated/α-hetero) is 1. The molecular weight excluding hydrogens is 242 g/mol. The number of carbonyl (C=O) groups is 1. The molecule has 1 aromatic rings. The Bertz CT molecular complexity index is 439. The van der Waals surface area contributed by atoms with Gasteiger partial charge in [0.25, 0.3) is 0 Å². The lowest BCUT2D eigenvalue weighted by Gasteiger charge is -2.16. The highest BCUT2D eigenvalue weighted by molar-refractivity contribution is 7.14. The monoisotopic (exact) mass is 263 g/mol. The Kier molecular flexibility index (Phi) is 3.53. The summed E-state index contributed by atoms with van der Waals surface area (Å²) in [6, 6.07) is 4.54. The Morgan fingerprint density at radius 3 is 3.11 bits per heavy atom. The van der Waals surface area contributed by atoms with Crippen LogP contribution in [0.5, 0.6) is 0 Å². The first-order chi connectivity index (χ1) is 8.78. The average Bonchev–Trinajstić information content (AvgIpc) is 3.05. The Balaban J connectivity index is 1.64. The van der Waals surface area contributed by atoms with Crippen LogP contribution in [0.1, 0.15) is 47.2 Å². The van der Waals surface area contributed by atoms with Crippen molar-refractivity contribution in [3.05, 3.63) is 21.9 Å². The maximum atomic E-state index is 12.3. The SMILES string of the molecule is CCc1ccc(C(=O)CC2NCC3CCCC32)s1. The van der Waals surface area contributed by atoms with Gasteiger partial charge in [0, 0.05) is 17.3 Å². The van der Waals surface area contributed by atoms with Crippen LogP contribution in [-0.2, 0) is 6.42 Å². The number of aryl methyl sites for hydroxylation is 1. The smallest absolute Gasteiger partial charge is 0.174 e. The van der Waals surface area contributed by atoms with Crippen LogP contribution in [-0.4, -0.2) is 18.4 Å². The van der Waals surface area contributed by atoms with E-state index in [9.17, 15) is 4.79 Å². The number of nitrogens with one attached hydrogen (secondary N) is 1. The first kappa shape index (κ1) is 12.4. The van der Waals surface area contributed by atoms with Crippen molar-refractivity contribution < 1.29 is 4.79 Å². The molecule has 3 heteroatoms. The first-order valence-corrected chi connectivity index (χ1v) is 7.95. The van der Waals surface area contributed by atoms with Crippen molar-refractivity contribution in [2.75, 3.05) is 6.54 Å². The minimum atomic E-state index is 0.338. The lowest BCUT2D eigenvalue weighted by Crippen LogP contribution is -2.29. The Hall–Kier alpha value is -0.670. The van der Waals surface area contributed by atoms with E-state index < -0.39 is 0 Å². The third-order valence-electron chi connectivity index (χ3n) is 4.57. The molecule has 1 aliphatic heterocycles. The highest BCUT2D eigenvalue weighted by Crippen LogP contribution is 2.39. The molecule has 0 radical (unpaired) electrons. The summed E-state index contributed by atoms with van der Waals surface area (Å²) in [7, 11) is 0. The molecule has 1 saturated carbocycles. The molecule has 1 N–H and O–H groups in total. The molecule has 1 aliphatic carbocycles. The van der Waals surface area contributed by atoms with Gasteiger partial charge in [-0.2, -0.15) is 0 Å². The van der Waals surface area contributed by atoms with Gasteiger partial charge in [0.2, 0.25) is 0 Å². The molecule has 2 aliphatic rings. The summed E-state index contributed by atoms with van der Waals surface area (Å²) in [6.07, 6.45) is 5.78. The molecule has 98 valence electrons. The van der Waals surface area contributed by atoms with Gasteiger partial charge in [0.15, 0.2) is 5.78 Å². The van der Waals surface area contributed by atoms with Crippen molar-refractivity contribution in [1.82, 2.24) is 5.32 Å². The summed E-state index contributed by atoms with van der Waals surface area (Å²) in [5, 5.41) is 3.56. The second-order valence-corrected chi connectivity index (χ2v) is 6.78. The third-order valence-corrected chi connectivity index (χ3v) is 5.84. The Morgan fingerprint density at radius 1 is 1.44 bits per heavy atom. The molecule has 0 bridgehead atoms. The van der Waals surface area contributed by atoms with E-state index in [0.717, 1.165) is 29.7 Å². The predicted molar refractivity (Wildman–Crippen MR) is 75.3 cm³/mol. The van der Waals surface area contributed by atoms with E-state index in [0.29, 0.717) is 18.2 Å². The molecule has 2 heterocycles. The van der Waals surface area contributed by atoms with Crippen molar-refractivity contribution in [1.29, 1.82) is 0 Å².